The summed E-state index contributed by atoms with van der Waals surface area (Å²) in [6.07, 6.45) is 0. The summed E-state index contributed by atoms with van der Waals surface area (Å²) in [5.74, 6) is -1.04. The van der Waals surface area contributed by atoms with Crippen LogP contribution in [0, 0.1) is 11.6 Å². The number of hydrogen-bond donors (Lipinski definition) is 0. The van der Waals surface area contributed by atoms with E-state index in [1.54, 1.807) is 0 Å². The number of hydrogen-bond acceptors (Lipinski definition) is 0. The van der Waals surface area contributed by atoms with Crippen molar-refractivity contribution < 1.29 is 11.6 Å². The van der Waals surface area contributed by atoms with Crippen LogP contribution in [0.4, 0.5) is 8.78 Å². The van der Waals surface area contributed by atoms with Crippen molar-refractivity contribution in [3.8, 4) is 0 Å². The largest absolute Gasteiger partial charge is 2.00 e. The van der Waals surface area contributed by atoms with Crippen molar-refractivity contribution in [3.05, 3.63) is 35.4 Å². The van der Waals surface area contributed by atoms with Gasteiger partial charge < -0.3 is 2.85 Å². The van der Waals surface area contributed by atoms with Gasteiger partial charge in [0, 0.05) is 11.4 Å². The van der Waals surface area contributed by atoms with E-state index in [0.29, 0.717) is 10.9 Å². The van der Waals surface area contributed by atoms with Crippen molar-refractivity contribution >= 4 is 39.0 Å². The van der Waals surface area contributed by atoms with E-state index in [0.717, 1.165) is 6.07 Å². The Morgan fingerprint density at radius 3 is 2.45 bits per heavy atom. The van der Waals surface area contributed by atoms with Gasteiger partial charge in [0.15, 0.2) is 0 Å². The first kappa shape index (κ1) is 11.3. The molecule has 0 aliphatic heterocycles. The van der Waals surface area contributed by atoms with Crippen LogP contribution < -0.4 is 0 Å². The van der Waals surface area contributed by atoms with Gasteiger partial charge in [-0.1, -0.05) is 22.0 Å². The van der Waals surface area contributed by atoms with E-state index in [1.165, 1.54) is 12.1 Å². The molecule has 0 saturated carbocycles. The summed E-state index contributed by atoms with van der Waals surface area (Å²) in [4.78, 5) is 0. The number of alkyl halides is 1. The van der Waals surface area contributed by atoms with Crippen molar-refractivity contribution in [1.82, 2.24) is 0 Å². The molecule has 0 aliphatic rings. The standard InChI is InChI=1S/C7H5BrF2.Mg.2H/c8-4-5-1-2-6(9)3-7(5)10;;;/h1-3H,4H2;;;/q;+2;2*-1. The van der Waals surface area contributed by atoms with Crippen LogP contribution in [0.15, 0.2) is 18.2 Å². The molecule has 11 heavy (non-hydrogen) atoms. The van der Waals surface area contributed by atoms with Gasteiger partial charge in [-0.05, 0) is 11.6 Å². The summed E-state index contributed by atoms with van der Waals surface area (Å²) in [6.45, 7) is 0. The van der Waals surface area contributed by atoms with Crippen molar-refractivity contribution in [2.75, 3.05) is 0 Å². The zero-order chi connectivity index (χ0) is 7.56. The zero-order valence-electron chi connectivity index (χ0n) is 7.78. The third-order valence-corrected chi connectivity index (χ3v) is 1.76. The molecule has 0 N–H and O–H groups in total. The monoisotopic (exact) mass is 232 g/mol. The summed E-state index contributed by atoms with van der Waals surface area (Å²) < 4.78 is 24.8. The molecule has 4 heteroatoms. The molecule has 0 aliphatic carbocycles. The van der Waals surface area contributed by atoms with Crippen LogP contribution in [0.25, 0.3) is 0 Å². The minimum Gasteiger partial charge on any atom is -1.00 e. The summed E-state index contributed by atoms with van der Waals surface area (Å²) >= 11 is 3.07. The van der Waals surface area contributed by atoms with Crippen LogP contribution in [-0.4, -0.2) is 23.1 Å². The Bertz CT molecular complexity index is 248. The third kappa shape index (κ3) is 3.05. The number of benzene rings is 1. The van der Waals surface area contributed by atoms with E-state index in [1.807, 2.05) is 0 Å². The molecule has 0 bridgehead atoms. The van der Waals surface area contributed by atoms with Gasteiger partial charge in [-0.25, -0.2) is 8.78 Å². The molecule has 0 heterocycles. The minimum absolute atomic E-state index is 0. The summed E-state index contributed by atoms with van der Waals surface area (Å²) in [5, 5.41) is 0.416. The van der Waals surface area contributed by atoms with Crippen LogP contribution in [0.3, 0.4) is 0 Å². The minimum atomic E-state index is -0.540. The molecule has 1 rings (SSSR count). The van der Waals surface area contributed by atoms with Gasteiger partial charge in [0.25, 0.3) is 0 Å². The van der Waals surface area contributed by atoms with Gasteiger partial charge in [-0.3, -0.25) is 0 Å². The van der Waals surface area contributed by atoms with Gasteiger partial charge in [-0.2, -0.15) is 0 Å². The Labute approximate surface area is 91.2 Å². The number of halogens is 3. The molecule has 1 aromatic rings. The van der Waals surface area contributed by atoms with E-state index in [4.69, 9.17) is 0 Å². The Kier molecular flexibility index (Phi) is 5.21. The molecule has 0 nitrogen and oxygen atoms in total. The average Bonchev–Trinajstić information content (AvgIpc) is 1.88. The van der Waals surface area contributed by atoms with Crippen LogP contribution in [0.2, 0.25) is 0 Å². The van der Waals surface area contributed by atoms with Gasteiger partial charge >= 0.3 is 23.1 Å². The molecule has 0 amide bonds. The molecule has 0 aromatic heterocycles. The molecular weight excluding hydrogens is 226 g/mol. The van der Waals surface area contributed by atoms with E-state index >= 15 is 0 Å². The maximum absolute atomic E-state index is 12.6. The fraction of sp³-hybridized carbons (Fsp3) is 0.143. The van der Waals surface area contributed by atoms with Crippen molar-refractivity contribution in [3.63, 3.8) is 0 Å². The predicted octanol–water partition coefficient (Wildman–Crippen LogP) is 2.70. The molecule has 0 spiro atoms. The van der Waals surface area contributed by atoms with Gasteiger partial charge in [0.2, 0.25) is 0 Å². The second kappa shape index (κ2) is 5.06. The first-order valence-corrected chi connectivity index (χ1v) is 3.86. The predicted molar refractivity (Wildman–Crippen MR) is 47.0 cm³/mol. The van der Waals surface area contributed by atoms with E-state index in [-0.39, 0.29) is 25.9 Å². The first-order valence-electron chi connectivity index (χ1n) is 2.74. The average molecular weight is 233 g/mol. The molecule has 0 fully saturated rings. The Balaban J connectivity index is -0.000000333. The molecular formula is C7H7BrF2Mg. The van der Waals surface area contributed by atoms with Crippen molar-refractivity contribution in [2.45, 2.75) is 5.33 Å². The van der Waals surface area contributed by atoms with E-state index in [2.05, 4.69) is 15.9 Å². The smallest absolute Gasteiger partial charge is 1.00 e. The summed E-state index contributed by atoms with van der Waals surface area (Å²) in [5.41, 5.74) is 0.474. The van der Waals surface area contributed by atoms with Crippen molar-refractivity contribution in [1.29, 1.82) is 0 Å². The summed E-state index contributed by atoms with van der Waals surface area (Å²) in [6, 6.07) is 3.52. The fourth-order valence-electron chi connectivity index (χ4n) is 0.630. The number of rotatable bonds is 1. The Morgan fingerprint density at radius 1 is 1.36 bits per heavy atom. The quantitative estimate of drug-likeness (QED) is 0.517. The molecule has 0 radical (unpaired) electrons. The van der Waals surface area contributed by atoms with Gasteiger partial charge in [0.05, 0.1) is 0 Å². The molecule has 0 unspecified atom stereocenters. The maximum atomic E-state index is 12.6. The molecule has 0 saturated heterocycles. The molecule has 1 aromatic carbocycles. The Morgan fingerprint density at radius 2 is 2.00 bits per heavy atom. The van der Waals surface area contributed by atoms with E-state index in [9.17, 15) is 8.78 Å². The van der Waals surface area contributed by atoms with Gasteiger partial charge in [0.1, 0.15) is 11.6 Å². The van der Waals surface area contributed by atoms with Crippen LogP contribution in [0.1, 0.15) is 8.42 Å². The SMILES string of the molecule is Fc1ccc(CBr)c(F)c1.[H-].[H-].[Mg+2]. The topological polar surface area (TPSA) is 0 Å². The first-order chi connectivity index (χ1) is 4.74. The van der Waals surface area contributed by atoms with Gasteiger partial charge in [-0.15, -0.1) is 0 Å². The van der Waals surface area contributed by atoms with Crippen LogP contribution in [0.5, 0.6) is 0 Å². The second-order valence-corrected chi connectivity index (χ2v) is 2.43. The summed E-state index contributed by atoms with van der Waals surface area (Å²) in [7, 11) is 0. The molecule has 58 valence electrons. The van der Waals surface area contributed by atoms with Crippen LogP contribution >= 0.6 is 15.9 Å². The second-order valence-electron chi connectivity index (χ2n) is 1.87. The maximum Gasteiger partial charge on any atom is 2.00 e. The van der Waals surface area contributed by atoms with Crippen LogP contribution in [-0.2, 0) is 5.33 Å². The Hall–Kier alpha value is 0.326. The molecule has 0 atom stereocenters. The zero-order valence-corrected chi connectivity index (χ0v) is 8.78. The van der Waals surface area contributed by atoms with Crippen molar-refractivity contribution in [2.24, 2.45) is 0 Å². The van der Waals surface area contributed by atoms with E-state index < -0.39 is 11.6 Å². The fourth-order valence-corrected chi connectivity index (χ4v) is 1.08. The third-order valence-electron chi connectivity index (χ3n) is 1.16. The normalized spacial score (nSPS) is 9.00.